The number of rotatable bonds is 4. The van der Waals surface area contributed by atoms with Crippen LogP contribution in [0.3, 0.4) is 0 Å². The SMILES string of the molecule is Cc1ccc(C(=O)Nc2cc(Cl)ccc2Oc2ccc(Cl)cc2)cn1. The van der Waals surface area contributed by atoms with Gasteiger partial charge in [0.1, 0.15) is 5.75 Å². The molecule has 0 spiro atoms. The zero-order chi connectivity index (χ0) is 17.8. The van der Waals surface area contributed by atoms with E-state index in [1.807, 2.05) is 6.92 Å². The summed E-state index contributed by atoms with van der Waals surface area (Å²) in [5.41, 5.74) is 1.75. The van der Waals surface area contributed by atoms with E-state index in [0.717, 1.165) is 5.69 Å². The molecule has 3 aromatic rings. The van der Waals surface area contributed by atoms with E-state index >= 15 is 0 Å². The maximum Gasteiger partial charge on any atom is 0.257 e. The van der Waals surface area contributed by atoms with Crippen LogP contribution in [0.1, 0.15) is 16.1 Å². The number of hydrogen-bond donors (Lipinski definition) is 1. The molecule has 3 rings (SSSR count). The quantitative estimate of drug-likeness (QED) is 0.634. The molecule has 1 heterocycles. The molecule has 0 atom stereocenters. The van der Waals surface area contributed by atoms with Gasteiger partial charge in [-0.2, -0.15) is 0 Å². The van der Waals surface area contributed by atoms with E-state index in [9.17, 15) is 4.79 Å². The lowest BCUT2D eigenvalue weighted by atomic mass is 10.2. The number of anilines is 1. The second-order valence-corrected chi connectivity index (χ2v) is 6.21. The zero-order valence-corrected chi connectivity index (χ0v) is 14.8. The number of amides is 1. The highest BCUT2D eigenvalue weighted by Crippen LogP contribution is 2.32. The summed E-state index contributed by atoms with van der Waals surface area (Å²) >= 11 is 11.9. The summed E-state index contributed by atoms with van der Waals surface area (Å²) in [5.74, 6) is 0.773. The first-order valence-electron chi connectivity index (χ1n) is 7.48. The van der Waals surface area contributed by atoms with Crippen LogP contribution in [0.25, 0.3) is 0 Å². The molecule has 0 fully saturated rings. The van der Waals surface area contributed by atoms with Crippen LogP contribution in [0.2, 0.25) is 10.0 Å². The van der Waals surface area contributed by atoms with Crippen LogP contribution >= 0.6 is 23.2 Å². The van der Waals surface area contributed by atoms with Crippen molar-refractivity contribution >= 4 is 34.8 Å². The molecule has 0 radical (unpaired) electrons. The minimum Gasteiger partial charge on any atom is -0.455 e. The number of aromatic nitrogens is 1. The number of aryl methyl sites for hydroxylation is 1. The second kappa shape index (κ2) is 7.55. The fourth-order valence-corrected chi connectivity index (χ4v) is 2.41. The predicted octanol–water partition coefficient (Wildman–Crippen LogP) is 5.74. The van der Waals surface area contributed by atoms with Gasteiger partial charge >= 0.3 is 0 Å². The summed E-state index contributed by atoms with van der Waals surface area (Å²) in [7, 11) is 0. The number of nitrogens with one attached hydrogen (secondary N) is 1. The van der Waals surface area contributed by atoms with Crippen molar-refractivity contribution < 1.29 is 9.53 Å². The monoisotopic (exact) mass is 372 g/mol. The van der Waals surface area contributed by atoms with E-state index in [1.165, 1.54) is 6.20 Å². The normalized spacial score (nSPS) is 10.4. The van der Waals surface area contributed by atoms with Crippen molar-refractivity contribution in [3.8, 4) is 11.5 Å². The highest BCUT2D eigenvalue weighted by Gasteiger charge is 2.12. The third-order valence-corrected chi connectivity index (χ3v) is 3.89. The molecule has 0 bridgehead atoms. The fourth-order valence-electron chi connectivity index (χ4n) is 2.12. The molecule has 1 amide bonds. The summed E-state index contributed by atoms with van der Waals surface area (Å²) < 4.78 is 5.83. The number of hydrogen-bond acceptors (Lipinski definition) is 3. The van der Waals surface area contributed by atoms with Gasteiger partial charge in [0, 0.05) is 21.9 Å². The third-order valence-electron chi connectivity index (χ3n) is 3.40. The molecule has 1 N–H and O–H groups in total. The van der Waals surface area contributed by atoms with Gasteiger partial charge in [-0.25, -0.2) is 0 Å². The smallest absolute Gasteiger partial charge is 0.257 e. The topological polar surface area (TPSA) is 51.2 Å². The standard InChI is InChI=1S/C19H14Cl2N2O2/c1-12-2-3-13(11-22-12)19(24)23-17-10-15(21)6-9-18(17)25-16-7-4-14(20)5-8-16/h2-11H,1H3,(H,23,24). The summed E-state index contributed by atoms with van der Waals surface area (Å²) in [6.45, 7) is 1.86. The number of carbonyl (C=O) groups is 1. The number of halogens is 2. The van der Waals surface area contributed by atoms with Crippen LogP contribution in [-0.2, 0) is 0 Å². The minimum atomic E-state index is -0.296. The van der Waals surface area contributed by atoms with Crippen molar-refractivity contribution in [2.75, 3.05) is 5.32 Å². The van der Waals surface area contributed by atoms with E-state index < -0.39 is 0 Å². The van der Waals surface area contributed by atoms with E-state index in [0.29, 0.717) is 32.8 Å². The Morgan fingerprint density at radius 1 is 1.00 bits per heavy atom. The Hall–Kier alpha value is -2.56. The van der Waals surface area contributed by atoms with E-state index in [-0.39, 0.29) is 5.91 Å². The highest BCUT2D eigenvalue weighted by molar-refractivity contribution is 6.31. The van der Waals surface area contributed by atoms with Crippen molar-refractivity contribution in [1.29, 1.82) is 0 Å². The Labute approximate surface area is 155 Å². The lowest BCUT2D eigenvalue weighted by molar-refractivity contribution is 0.102. The van der Waals surface area contributed by atoms with Crippen molar-refractivity contribution in [2.45, 2.75) is 6.92 Å². The first kappa shape index (κ1) is 17.3. The van der Waals surface area contributed by atoms with Crippen molar-refractivity contribution in [1.82, 2.24) is 4.98 Å². The van der Waals surface area contributed by atoms with Crippen LogP contribution in [-0.4, -0.2) is 10.9 Å². The molecule has 0 saturated heterocycles. The van der Waals surface area contributed by atoms with Crippen molar-refractivity contribution in [3.63, 3.8) is 0 Å². The summed E-state index contributed by atoms with van der Waals surface area (Å²) in [4.78, 5) is 16.5. The lowest BCUT2D eigenvalue weighted by Crippen LogP contribution is -2.13. The first-order valence-corrected chi connectivity index (χ1v) is 8.24. The Morgan fingerprint density at radius 2 is 1.72 bits per heavy atom. The van der Waals surface area contributed by atoms with Crippen molar-refractivity contribution in [3.05, 3.63) is 82.1 Å². The number of carbonyl (C=O) groups excluding carboxylic acids is 1. The third kappa shape index (κ3) is 4.50. The summed E-state index contributed by atoms with van der Waals surface area (Å²) in [6, 6.07) is 15.4. The lowest BCUT2D eigenvalue weighted by Gasteiger charge is -2.13. The Morgan fingerprint density at radius 3 is 2.40 bits per heavy atom. The molecule has 4 nitrogen and oxygen atoms in total. The molecule has 126 valence electrons. The van der Waals surface area contributed by atoms with Gasteiger partial charge in [0.05, 0.1) is 11.3 Å². The molecule has 6 heteroatoms. The van der Waals surface area contributed by atoms with Gasteiger partial charge in [0.15, 0.2) is 5.75 Å². The van der Waals surface area contributed by atoms with Gasteiger partial charge < -0.3 is 10.1 Å². The second-order valence-electron chi connectivity index (χ2n) is 5.34. The molecular weight excluding hydrogens is 359 g/mol. The maximum absolute atomic E-state index is 12.4. The molecular formula is C19H14Cl2N2O2. The van der Waals surface area contributed by atoms with Gasteiger partial charge in [-0.3, -0.25) is 9.78 Å². The van der Waals surface area contributed by atoms with Gasteiger partial charge in [-0.05, 0) is 61.5 Å². The number of pyridine rings is 1. The summed E-state index contributed by atoms with van der Waals surface area (Å²) in [6.07, 6.45) is 1.52. The van der Waals surface area contributed by atoms with Crippen LogP contribution < -0.4 is 10.1 Å². The molecule has 2 aromatic carbocycles. The molecule has 0 unspecified atom stereocenters. The number of ether oxygens (including phenoxy) is 1. The Balaban J connectivity index is 1.84. The van der Waals surface area contributed by atoms with Gasteiger partial charge in [0.2, 0.25) is 0 Å². The molecule has 25 heavy (non-hydrogen) atoms. The number of benzene rings is 2. The average Bonchev–Trinajstić information content (AvgIpc) is 2.59. The Kier molecular flexibility index (Phi) is 5.22. The molecule has 0 aliphatic rings. The van der Waals surface area contributed by atoms with E-state index in [4.69, 9.17) is 27.9 Å². The van der Waals surface area contributed by atoms with Gasteiger partial charge in [-0.15, -0.1) is 0 Å². The molecule has 0 aliphatic carbocycles. The van der Waals surface area contributed by atoms with Gasteiger partial charge in [-0.1, -0.05) is 23.2 Å². The fraction of sp³-hybridized carbons (Fsp3) is 0.0526. The zero-order valence-electron chi connectivity index (χ0n) is 13.3. The molecule has 0 saturated carbocycles. The minimum absolute atomic E-state index is 0.296. The average molecular weight is 373 g/mol. The molecule has 0 aliphatic heterocycles. The Bertz CT molecular complexity index is 894. The first-order chi connectivity index (χ1) is 12.0. The largest absolute Gasteiger partial charge is 0.455 e. The van der Waals surface area contributed by atoms with Crippen LogP contribution in [0.5, 0.6) is 11.5 Å². The van der Waals surface area contributed by atoms with Crippen molar-refractivity contribution in [2.24, 2.45) is 0 Å². The van der Waals surface area contributed by atoms with Crippen LogP contribution in [0, 0.1) is 6.92 Å². The maximum atomic E-state index is 12.4. The highest BCUT2D eigenvalue weighted by atomic mass is 35.5. The predicted molar refractivity (Wildman–Crippen MR) is 99.9 cm³/mol. The summed E-state index contributed by atoms with van der Waals surface area (Å²) in [5, 5.41) is 3.91. The van der Waals surface area contributed by atoms with E-state index in [2.05, 4.69) is 10.3 Å². The van der Waals surface area contributed by atoms with Crippen LogP contribution in [0.4, 0.5) is 5.69 Å². The van der Waals surface area contributed by atoms with E-state index in [1.54, 1.807) is 54.6 Å². The molecule has 1 aromatic heterocycles. The van der Waals surface area contributed by atoms with Gasteiger partial charge in [0.25, 0.3) is 5.91 Å². The van der Waals surface area contributed by atoms with Crippen LogP contribution in [0.15, 0.2) is 60.8 Å². The number of nitrogens with zero attached hydrogens (tertiary/aromatic N) is 1.